The van der Waals surface area contributed by atoms with Crippen molar-refractivity contribution >= 4 is 5.91 Å². The summed E-state index contributed by atoms with van der Waals surface area (Å²) in [7, 11) is 0. The average molecular weight is 245 g/mol. The lowest BCUT2D eigenvalue weighted by Crippen LogP contribution is -2.50. The summed E-state index contributed by atoms with van der Waals surface area (Å²) in [6.07, 6.45) is 0.0234. The summed E-state index contributed by atoms with van der Waals surface area (Å²) in [5.41, 5.74) is -0.0894. The summed E-state index contributed by atoms with van der Waals surface area (Å²) in [5, 5.41) is 11.9. The largest absolute Gasteiger partial charge is 0.396 e. The summed E-state index contributed by atoms with van der Waals surface area (Å²) < 4.78 is 10.5. The molecular weight excluding hydrogens is 222 g/mol. The number of hydrogen-bond donors (Lipinski definition) is 2. The molecule has 1 aliphatic heterocycles. The zero-order valence-corrected chi connectivity index (χ0v) is 10.9. The van der Waals surface area contributed by atoms with E-state index in [9.17, 15) is 4.79 Å². The van der Waals surface area contributed by atoms with E-state index in [0.29, 0.717) is 26.2 Å². The van der Waals surface area contributed by atoms with Crippen molar-refractivity contribution in [1.29, 1.82) is 0 Å². The SMILES string of the molecule is CC(C)(C)C(CCO)NC(=O)C1COCCO1. The Hall–Kier alpha value is -0.650. The highest BCUT2D eigenvalue weighted by Crippen LogP contribution is 2.21. The van der Waals surface area contributed by atoms with Crippen molar-refractivity contribution in [3.8, 4) is 0 Å². The molecule has 17 heavy (non-hydrogen) atoms. The van der Waals surface area contributed by atoms with Gasteiger partial charge in [0.1, 0.15) is 0 Å². The van der Waals surface area contributed by atoms with Crippen LogP contribution in [-0.2, 0) is 14.3 Å². The third-order valence-corrected chi connectivity index (χ3v) is 2.89. The molecule has 0 spiro atoms. The third-order valence-electron chi connectivity index (χ3n) is 2.89. The zero-order chi connectivity index (χ0) is 12.9. The van der Waals surface area contributed by atoms with Crippen LogP contribution in [0.25, 0.3) is 0 Å². The van der Waals surface area contributed by atoms with E-state index in [-0.39, 0.29) is 24.0 Å². The molecule has 1 saturated heterocycles. The number of carbonyl (C=O) groups is 1. The van der Waals surface area contributed by atoms with Gasteiger partial charge >= 0.3 is 0 Å². The molecule has 0 aliphatic carbocycles. The van der Waals surface area contributed by atoms with Gasteiger partial charge in [-0.25, -0.2) is 0 Å². The maximum atomic E-state index is 11.9. The molecule has 0 aromatic rings. The van der Waals surface area contributed by atoms with Gasteiger partial charge in [-0.1, -0.05) is 20.8 Å². The first kappa shape index (κ1) is 14.4. The molecule has 2 unspecified atom stereocenters. The van der Waals surface area contributed by atoms with E-state index in [4.69, 9.17) is 14.6 Å². The number of aliphatic hydroxyl groups is 1. The van der Waals surface area contributed by atoms with Crippen LogP contribution in [0.4, 0.5) is 0 Å². The molecule has 2 N–H and O–H groups in total. The summed E-state index contributed by atoms with van der Waals surface area (Å²) in [5.74, 6) is -0.155. The maximum Gasteiger partial charge on any atom is 0.251 e. The smallest absolute Gasteiger partial charge is 0.251 e. The van der Waals surface area contributed by atoms with Gasteiger partial charge in [-0.2, -0.15) is 0 Å². The van der Waals surface area contributed by atoms with Gasteiger partial charge in [0.2, 0.25) is 0 Å². The van der Waals surface area contributed by atoms with Crippen LogP contribution in [0.5, 0.6) is 0 Å². The number of aliphatic hydroxyl groups excluding tert-OH is 1. The van der Waals surface area contributed by atoms with Gasteiger partial charge in [0.25, 0.3) is 5.91 Å². The number of nitrogens with one attached hydrogen (secondary N) is 1. The second kappa shape index (κ2) is 6.33. The van der Waals surface area contributed by atoms with Crippen molar-refractivity contribution in [1.82, 2.24) is 5.32 Å². The third kappa shape index (κ3) is 4.61. The number of rotatable bonds is 4. The van der Waals surface area contributed by atoms with Gasteiger partial charge in [0.05, 0.1) is 19.8 Å². The van der Waals surface area contributed by atoms with Crippen molar-refractivity contribution in [2.75, 3.05) is 26.4 Å². The summed E-state index contributed by atoms with van der Waals surface area (Å²) in [6, 6.07) is -0.0643. The van der Waals surface area contributed by atoms with Crippen LogP contribution in [0.1, 0.15) is 27.2 Å². The fraction of sp³-hybridized carbons (Fsp3) is 0.917. The van der Waals surface area contributed by atoms with E-state index in [0.717, 1.165) is 0 Å². The highest BCUT2D eigenvalue weighted by atomic mass is 16.6. The van der Waals surface area contributed by atoms with E-state index in [1.165, 1.54) is 0 Å². The van der Waals surface area contributed by atoms with E-state index in [1.54, 1.807) is 0 Å². The second-order valence-corrected chi connectivity index (χ2v) is 5.37. The van der Waals surface area contributed by atoms with E-state index >= 15 is 0 Å². The Morgan fingerprint density at radius 1 is 1.47 bits per heavy atom. The monoisotopic (exact) mass is 245 g/mol. The molecule has 1 aliphatic rings. The molecule has 0 aromatic heterocycles. The van der Waals surface area contributed by atoms with Crippen molar-refractivity contribution in [3.05, 3.63) is 0 Å². The molecule has 1 amide bonds. The molecule has 5 heteroatoms. The fourth-order valence-electron chi connectivity index (χ4n) is 1.75. The van der Waals surface area contributed by atoms with Crippen LogP contribution >= 0.6 is 0 Å². The standard InChI is InChI=1S/C12H23NO4/c1-12(2,3)10(4-5-14)13-11(15)9-8-16-6-7-17-9/h9-10,14H,4-8H2,1-3H3,(H,13,15). The topological polar surface area (TPSA) is 67.8 Å². The van der Waals surface area contributed by atoms with Crippen LogP contribution in [0.15, 0.2) is 0 Å². The lowest BCUT2D eigenvalue weighted by atomic mass is 9.85. The zero-order valence-electron chi connectivity index (χ0n) is 10.9. The fourth-order valence-corrected chi connectivity index (χ4v) is 1.75. The van der Waals surface area contributed by atoms with Gasteiger partial charge in [-0.15, -0.1) is 0 Å². The minimum Gasteiger partial charge on any atom is -0.396 e. The summed E-state index contributed by atoms with van der Waals surface area (Å²) >= 11 is 0. The van der Waals surface area contributed by atoms with Crippen LogP contribution < -0.4 is 5.32 Å². The molecular formula is C12H23NO4. The predicted octanol–water partition coefficient (Wildman–Crippen LogP) is 0.315. The number of ether oxygens (including phenoxy) is 2. The molecule has 1 heterocycles. The first-order valence-corrected chi connectivity index (χ1v) is 6.05. The minimum atomic E-state index is -0.521. The minimum absolute atomic E-state index is 0.0598. The molecule has 2 atom stereocenters. The molecule has 100 valence electrons. The molecule has 1 fully saturated rings. The Labute approximate surface area is 102 Å². The Balaban J connectivity index is 2.51. The van der Waals surface area contributed by atoms with Crippen molar-refractivity contribution < 1.29 is 19.4 Å². The quantitative estimate of drug-likeness (QED) is 0.748. The van der Waals surface area contributed by atoms with Gasteiger partial charge in [0, 0.05) is 12.6 Å². The molecule has 0 bridgehead atoms. The Morgan fingerprint density at radius 3 is 2.65 bits per heavy atom. The van der Waals surface area contributed by atoms with Gasteiger partial charge < -0.3 is 19.9 Å². The van der Waals surface area contributed by atoms with Gasteiger partial charge in [-0.3, -0.25) is 4.79 Å². The first-order chi connectivity index (χ1) is 7.95. The molecule has 0 aromatic carbocycles. The van der Waals surface area contributed by atoms with Crippen LogP contribution in [0, 0.1) is 5.41 Å². The van der Waals surface area contributed by atoms with Crippen molar-refractivity contribution in [2.24, 2.45) is 5.41 Å². The van der Waals surface area contributed by atoms with Crippen molar-refractivity contribution in [2.45, 2.75) is 39.3 Å². The molecule has 0 saturated carbocycles. The molecule has 0 radical (unpaired) electrons. The predicted molar refractivity (Wildman–Crippen MR) is 63.6 cm³/mol. The number of amides is 1. The van der Waals surface area contributed by atoms with Gasteiger partial charge in [-0.05, 0) is 11.8 Å². The van der Waals surface area contributed by atoms with Crippen LogP contribution in [-0.4, -0.2) is 49.6 Å². The number of hydrogen-bond acceptors (Lipinski definition) is 4. The van der Waals surface area contributed by atoms with E-state index < -0.39 is 6.10 Å². The Kier molecular flexibility index (Phi) is 5.36. The second-order valence-electron chi connectivity index (χ2n) is 5.37. The lowest BCUT2D eigenvalue weighted by Gasteiger charge is -2.33. The number of carbonyl (C=O) groups excluding carboxylic acids is 1. The first-order valence-electron chi connectivity index (χ1n) is 6.05. The van der Waals surface area contributed by atoms with E-state index in [1.807, 2.05) is 20.8 Å². The van der Waals surface area contributed by atoms with Crippen molar-refractivity contribution in [3.63, 3.8) is 0 Å². The van der Waals surface area contributed by atoms with E-state index in [2.05, 4.69) is 5.32 Å². The highest BCUT2D eigenvalue weighted by molar-refractivity contribution is 5.81. The van der Waals surface area contributed by atoms with Crippen LogP contribution in [0.2, 0.25) is 0 Å². The summed E-state index contributed by atoms with van der Waals surface area (Å²) in [6.45, 7) is 7.47. The Morgan fingerprint density at radius 2 is 2.18 bits per heavy atom. The molecule has 1 rings (SSSR count). The average Bonchev–Trinajstić information content (AvgIpc) is 2.28. The Bertz CT molecular complexity index is 243. The maximum absolute atomic E-state index is 11.9. The normalized spacial score (nSPS) is 23.2. The molecule has 5 nitrogen and oxygen atoms in total. The van der Waals surface area contributed by atoms with Gasteiger partial charge in [0.15, 0.2) is 6.10 Å². The van der Waals surface area contributed by atoms with Crippen LogP contribution in [0.3, 0.4) is 0 Å². The summed E-state index contributed by atoms with van der Waals surface area (Å²) in [4.78, 5) is 11.9. The highest BCUT2D eigenvalue weighted by Gasteiger charge is 2.30. The lowest BCUT2D eigenvalue weighted by molar-refractivity contribution is -0.149.